The smallest absolute Gasteiger partial charge is 0.260 e. The molecule has 1 aromatic heterocycles. The summed E-state index contributed by atoms with van der Waals surface area (Å²) >= 11 is 2.14. The average Bonchev–Trinajstić information content (AvgIpc) is 2.94. The third-order valence-electron chi connectivity index (χ3n) is 3.05. The minimum absolute atomic E-state index is 0.173. The summed E-state index contributed by atoms with van der Waals surface area (Å²) < 4.78 is 6.08. The van der Waals surface area contributed by atoms with Crippen LogP contribution in [0.25, 0.3) is 11.5 Å². The number of benzene rings is 2. The molecule has 1 N–H and O–H groups in total. The van der Waals surface area contributed by atoms with Crippen molar-refractivity contribution >= 4 is 34.2 Å². The quantitative estimate of drug-likeness (QED) is 0.672. The average molecular weight is 405 g/mol. The summed E-state index contributed by atoms with van der Waals surface area (Å²) in [5, 5.41) is 6.69. The maximum Gasteiger partial charge on any atom is 0.260 e. The van der Waals surface area contributed by atoms with Gasteiger partial charge in [0, 0.05) is 3.57 Å². The molecule has 1 heterocycles. The molecular weight excluding hydrogens is 393 g/mol. The Morgan fingerprint density at radius 3 is 2.59 bits per heavy atom. The van der Waals surface area contributed by atoms with Crippen LogP contribution in [0.15, 0.2) is 53.1 Å². The number of nitrogens with one attached hydrogen (secondary N) is 1. The van der Waals surface area contributed by atoms with Crippen LogP contribution in [0.5, 0.6) is 0 Å². The maximum atomic E-state index is 12.4. The van der Waals surface area contributed by atoms with Crippen molar-refractivity contribution in [3.8, 4) is 11.5 Å². The minimum Gasteiger partial charge on any atom is -0.334 e. The molecule has 0 fully saturated rings. The van der Waals surface area contributed by atoms with E-state index in [1.54, 1.807) is 13.0 Å². The number of para-hydroxylation sites is 1. The van der Waals surface area contributed by atoms with Crippen molar-refractivity contribution < 1.29 is 9.32 Å². The zero-order valence-corrected chi connectivity index (χ0v) is 13.9. The Morgan fingerprint density at radius 1 is 1.14 bits per heavy atom. The van der Waals surface area contributed by atoms with Crippen LogP contribution in [-0.4, -0.2) is 16.0 Å². The summed E-state index contributed by atoms with van der Waals surface area (Å²) in [4.78, 5) is 16.6. The molecule has 0 bridgehead atoms. The van der Waals surface area contributed by atoms with E-state index in [2.05, 4.69) is 38.0 Å². The summed E-state index contributed by atoms with van der Waals surface area (Å²) in [6.07, 6.45) is 0. The predicted octanol–water partition coefficient (Wildman–Crippen LogP) is 3.90. The molecule has 0 atom stereocenters. The van der Waals surface area contributed by atoms with Gasteiger partial charge in [-0.3, -0.25) is 4.79 Å². The Bertz CT molecular complexity index is 830. The molecule has 110 valence electrons. The minimum atomic E-state index is -0.173. The van der Waals surface area contributed by atoms with E-state index in [0.29, 0.717) is 28.5 Å². The molecule has 0 saturated carbocycles. The molecule has 22 heavy (non-hydrogen) atoms. The van der Waals surface area contributed by atoms with Gasteiger partial charge in [0.05, 0.1) is 16.8 Å². The molecule has 3 rings (SSSR count). The molecule has 1 amide bonds. The van der Waals surface area contributed by atoms with Gasteiger partial charge in [0.15, 0.2) is 5.82 Å². The fourth-order valence-corrected chi connectivity index (χ4v) is 2.65. The molecule has 2 aromatic carbocycles. The van der Waals surface area contributed by atoms with Crippen LogP contribution in [-0.2, 0) is 0 Å². The second-order valence-electron chi connectivity index (χ2n) is 4.63. The number of hydrogen-bond acceptors (Lipinski definition) is 4. The highest BCUT2D eigenvalue weighted by atomic mass is 127. The standard InChI is InChI=1S/C16H12IN3O2/c1-10-18-16(22-20-10)12-7-3-5-9-14(12)19-15(21)11-6-2-4-8-13(11)17/h2-9H,1H3,(H,19,21). The molecule has 5 nitrogen and oxygen atoms in total. The summed E-state index contributed by atoms with van der Waals surface area (Å²) in [6.45, 7) is 1.75. The first-order valence-corrected chi connectivity index (χ1v) is 7.68. The van der Waals surface area contributed by atoms with Gasteiger partial charge in [-0.1, -0.05) is 29.4 Å². The number of rotatable bonds is 3. The second-order valence-corrected chi connectivity index (χ2v) is 5.79. The molecule has 3 aromatic rings. The van der Waals surface area contributed by atoms with Gasteiger partial charge in [0.2, 0.25) is 0 Å². The number of aromatic nitrogens is 2. The van der Waals surface area contributed by atoms with Crippen LogP contribution >= 0.6 is 22.6 Å². The number of hydrogen-bond donors (Lipinski definition) is 1. The van der Waals surface area contributed by atoms with Gasteiger partial charge >= 0.3 is 0 Å². The first kappa shape index (κ1) is 14.7. The van der Waals surface area contributed by atoms with Crippen molar-refractivity contribution in [2.24, 2.45) is 0 Å². The topological polar surface area (TPSA) is 68.0 Å². The van der Waals surface area contributed by atoms with Crippen molar-refractivity contribution in [3.05, 3.63) is 63.5 Å². The zero-order valence-electron chi connectivity index (χ0n) is 11.7. The van der Waals surface area contributed by atoms with Crippen LogP contribution in [0, 0.1) is 10.5 Å². The lowest BCUT2D eigenvalue weighted by atomic mass is 10.1. The second kappa shape index (κ2) is 6.27. The van der Waals surface area contributed by atoms with E-state index in [4.69, 9.17) is 4.52 Å². The zero-order chi connectivity index (χ0) is 15.5. The number of anilines is 1. The van der Waals surface area contributed by atoms with Crippen LogP contribution in [0.1, 0.15) is 16.2 Å². The molecule has 0 aliphatic rings. The van der Waals surface area contributed by atoms with Crippen molar-refractivity contribution in [3.63, 3.8) is 0 Å². The predicted molar refractivity (Wildman–Crippen MR) is 91.6 cm³/mol. The summed E-state index contributed by atoms with van der Waals surface area (Å²) in [5.74, 6) is 0.763. The lowest BCUT2D eigenvalue weighted by Crippen LogP contribution is -2.14. The lowest BCUT2D eigenvalue weighted by Gasteiger charge is -2.09. The number of carbonyl (C=O) groups excluding carboxylic acids is 1. The molecular formula is C16H12IN3O2. The van der Waals surface area contributed by atoms with Gasteiger partial charge in [-0.25, -0.2) is 0 Å². The molecule has 6 heteroatoms. The van der Waals surface area contributed by atoms with Gasteiger partial charge in [0.1, 0.15) is 0 Å². The third kappa shape index (κ3) is 3.01. The van der Waals surface area contributed by atoms with E-state index in [0.717, 1.165) is 3.57 Å². The van der Waals surface area contributed by atoms with Gasteiger partial charge in [-0.15, -0.1) is 0 Å². The maximum absolute atomic E-state index is 12.4. The van der Waals surface area contributed by atoms with Crippen molar-refractivity contribution in [1.29, 1.82) is 0 Å². The van der Waals surface area contributed by atoms with Crippen molar-refractivity contribution in [2.45, 2.75) is 6.92 Å². The van der Waals surface area contributed by atoms with E-state index in [1.807, 2.05) is 42.5 Å². The summed E-state index contributed by atoms with van der Waals surface area (Å²) in [6, 6.07) is 14.8. The van der Waals surface area contributed by atoms with E-state index >= 15 is 0 Å². The third-order valence-corrected chi connectivity index (χ3v) is 3.99. The van der Waals surface area contributed by atoms with E-state index in [-0.39, 0.29) is 5.91 Å². The van der Waals surface area contributed by atoms with E-state index in [1.165, 1.54) is 0 Å². The Morgan fingerprint density at radius 2 is 1.86 bits per heavy atom. The van der Waals surface area contributed by atoms with Gasteiger partial charge in [0.25, 0.3) is 11.8 Å². The number of nitrogens with zero attached hydrogens (tertiary/aromatic N) is 2. The molecule has 0 unspecified atom stereocenters. The Balaban J connectivity index is 1.93. The van der Waals surface area contributed by atoms with Crippen molar-refractivity contribution in [1.82, 2.24) is 10.1 Å². The highest BCUT2D eigenvalue weighted by molar-refractivity contribution is 14.1. The number of carbonyl (C=O) groups is 1. The summed E-state index contributed by atoms with van der Waals surface area (Å²) in [5.41, 5.74) is 1.96. The Kier molecular flexibility index (Phi) is 4.19. The molecule has 0 radical (unpaired) electrons. The lowest BCUT2D eigenvalue weighted by molar-refractivity contribution is 0.102. The van der Waals surface area contributed by atoms with Gasteiger partial charge < -0.3 is 9.84 Å². The van der Waals surface area contributed by atoms with Crippen LogP contribution in [0.2, 0.25) is 0 Å². The highest BCUT2D eigenvalue weighted by Gasteiger charge is 2.15. The number of amides is 1. The van der Waals surface area contributed by atoms with E-state index < -0.39 is 0 Å². The van der Waals surface area contributed by atoms with Gasteiger partial charge in [-0.05, 0) is 53.8 Å². The normalized spacial score (nSPS) is 10.5. The van der Waals surface area contributed by atoms with Crippen LogP contribution in [0.4, 0.5) is 5.69 Å². The first-order valence-electron chi connectivity index (χ1n) is 6.61. The molecule has 0 saturated heterocycles. The van der Waals surface area contributed by atoms with Crippen LogP contribution < -0.4 is 5.32 Å². The Labute approximate surface area is 140 Å². The SMILES string of the molecule is Cc1noc(-c2ccccc2NC(=O)c2ccccc2I)n1. The fraction of sp³-hybridized carbons (Fsp3) is 0.0625. The van der Waals surface area contributed by atoms with Gasteiger partial charge in [-0.2, -0.15) is 4.98 Å². The fourth-order valence-electron chi connectivity index (χ4n) is 2.02. The van der Waals surface area contributed by atoms with Crippen LogP contribution in [0.3, 0.4) is 0 Å². The molecule has 0 aliphatic heterocycles. The number of halogens is 1. The molecule has 0 aliphatic carbocycles. The summed E-state index contributed by atoms with van der Waals surface area (Å²) in [7, 11) is 0. The highest BCUT2D eigenvalue weighted by Crippen LogP contribution is 2.27. The Hall–Kier alpha value is -2.22. The van der Waals surface area contributed by atoms with Crippen molar-refractivity contribution in [2.75, 3.05) is 5.32 Å². The number of aryl methyl sites for hydroxylation is 1. The first-order chi connectivity index (χ1) is 10.6. The monoisotopic (exact) mass is 405 g/mol. The van der Waals surface area contributed by atoms with E-state index in [9.17, 15) is 4.79 Å². The molecule has 0 spiro atoms. The largest absolute Gasteiger partial charge is 0.334 e.